The van der Waals surface area contributed by atoms with E-state index >= 15 is 0 Å². The molecule has 0 aromatic carbocycles. The van der Waals surface area contributed by atoms with Crippen LogP contribution in [0.15, 0.2) is 36.7 Å². The van der Waals surface area contributed by atoms with Crippen LogP contribution in [0.5, 0.6) is 0 Å². The zero-order valence-corrected chi connectivity index (χ0v) is 10.5. The van der Waals surface area contributed by atoms with Gasteiger partial charge < -0.3 is 9.72 Å². The summed E-state index contributed by atoms with van der Waals surface area (Å²) in [6, 6.07) is 8.00. The average Bonchev–Trinajstić information content (AvgIpc) is 2.91. The van der Waals surface area contributed by atoms with Gasteiger partial charge in [0.25, 0.3) is 0 Å². The maximum absolute atomic E-state index is 4.52. The Morgan fingerprint density at radius 3 is 2.94 bits per heavy atom. The lowest BCUT2D eigenvalue weighted by Crippen LogP contribution is -2.01. The summed E-state index contributed by atoms with van der Waals surface area (Å²) >= 11 is 0. The van der Waals surface area contributed by atoms with Crippen LogP contribution in [0, 0.1) is 6.92 Å². The highest BCUT2D eigenvalue weighted by Crippen LogP contribution is 2.10. The first-order valence-corrected chi connectivity index (χ1v) is 5.89. The minimum absolute atomic E-state index is 0.679. The molecule has 3 heterocycles. The van der Waals surface area contributed by atoms with Gasteiger partial charge in [0, 0.05) is 31.2 Å². The first kappa shape index (κ1) is 10.8. The summed E-state index contributed by atoms with van der Waals surface area (Å²) in [5.74, 6) is 0.882. The summed E-state index contributed by atoms with van der Waals surface area (Å²) < 4.78 is 3.87. The Hall–Kier alpha value is -2.30. The van der Waals surface area contributed by atoms with E-state index in [1.807, 2.05) is 59.7 Å². The molecule has 0 fully saturated rings. The van der Waals surface area contributed by atoms with Crippen LogP contribution in [0.25, 0.3) is 5.65 Å². The Kier molecular flexibility index (Phi) is 2.51. The molecule has 0 aliphatic rings. The Balaban J connectivity index is 1.76. The van der Waals surface area contributed by atoms with E-state index in [2.05, 4.69) is 15.4 Å². The number of hydrogen-bond acceptors (Lipinski definition) is 3. The molecule has 3 rings (SSSR count). The Labute approximate surface area is 105 Å². The van der Waals surface area contributed by atoms with E-state index in [1.54, 1.807) is 0 Å². The molecule has 0 saturated heterocycles. The van der Waals surface area contributed by atoms with Gasteiger partial charge >= 0.3 is 0 Å². The average molecular weight is 241 g/mol. The van der Waals surface area contributed by atoms with Gasteiger partial charge in [-0.1, -0.05) is 6.07 Å². The topological polar surface area (TPSA) is 47.1 Å². The molecule has 5 heteroatoms. The number of hydrogen-bond donors (Lipinski definition) is 1. The van der Waals surface area contributed by atoms with Crippen LogP contribution in [0.3, 0.4) is 0 Å². The van der Waals surface area contributed by atoms with Crippen LogP contribution in [-0.4, -0.2) is 19.2 Å². The van der Waals surface area contributed by atoms with Crippen LogP contribution in [0.4, 0.5) is 5.82 Å². The van der Waals surface area contributed by atoms with Gasteiger partial charge in [0.15, 0.2) is 0 Å². The predicted octanol–water partition coefficient (Wildman–Crippen LogP) is 1.99. The number of anilines is 1. The van der Waals surface area contributed by atoms with Crippen molar-refractivity contribution in [3.05, 3.63) is 48.0 Å². The number of imidazole rings is 1. The molecule has 0 bridgehead atoms. The minimum atomic E-state index is 0.679. The molecule has 0 aliphatic heterocycles. The summed E-state index contributed by atoms with van der Waals surface area (Å²) in [6.07, 6.45) is 4.02. The van der Waals surface area contributed by atoms with Crippen LogP contribution in [0.1, 0.15) is 11.4 Å². The second kappa shape index (κ2) is 4.18. The molecule has 0 saturated carbocycles. The second-order valence-electron chi connectivity index (χ2n) is 4.35. The molecule has 3 aromatic heterocycles. The maximum Gasteiger partial charge on any atom is 0.148 e. The van der Waals surface area contributed by atoms with Gasteiger partial charge in [-0.15, -0.1) is 0 Å². The van der Waals surface area contributed by atoms with Crippen LogP contribution >= 0.6 is 0 Å². The molecular weight excluding hydrogens is 226 g/mol. The van der Waals surface area contributed by atoms with Gasteiger partial charge in [0.1, 0.15) is 11.5 Å². The van der Waals surface area contributed by atoms with Gasteiger partial charge in [-0.3, -0.25) is 4.68 Å². The van der Waals surface area contributed by atoms with Crippen molar-refractivity contribution in [1.29, 1.82) is 0 Å². The molecule has 5 nitrogen and oxygen atoms in total. The molecular formula is C13H15N5. The van der Waals surface area contributed by atoms with Crippen molar-refractivity contribution in [2.45, 2.75) is 13.5 Å². The van der Waals surface area contributed by atoms with E-state index in [9.17, 15) is 0 Å². The molecule has 1 N–H and O–H groups in total. The van der Waals surface area contributed by atoms with Crippen molar-refractivity contribution in [3.8, 4) is 0 Å². The van der Waals surface area contributed by atoms with Crippen molar-refractivity contribution in [2.24, 2.45) is 7.05 Å². The van der Waals surface area contributed by atoms with Crippen LogP contribution in [0.2, 0.25) is 0 Å². The van der Waals surface area contributed by atoms with Crippen LogP contribution in [-0.2, 0) is 13.6 Å². The lowest BCUT2D eigenvalue weighted by Gasteiger charge is -1.98. The summed E-state index contributed by atoms with van der Waals surface area (Å²) in [6.45, 7) is 2.71. The fourth-order valence-corrected chi connectivity index (χ4v) is 1.90. The first-order valence-electron chi connectivity index (χ1n) is 5.89. The summed E-state index contributed by atoms with van der Waals surface area (Å²) in [5.41, 5.74) is 3.10. The maximum atomic E-state index is 4.52. The fraction of sp³-hybridized carbons (Fsp3) is 0.231. The molecule has 0 spiro atoms. The molecule has 0 amide bonds. The van der Waals surface area contributed by atoms with E-state index in [0.29, 0.717) is 6.54 Å². The van der Waals surface area contributed by atoms with E-state index in [-0.39, 0.29) is 0 Å². The first-order chi connectivity index (χ1) is 8.72. The second-order valence-corrected chi connectivity index (χ2v) is 4.35. The van der Waals surface area contributed by atoms with Gasteiger partial charge in [-0.2, -0.15) is 5.10 Å². The Morgan fingerprint density at radius 2 is 2.22 bits per heavy atom. The number of aromatic nitrogens is 4. The van der Waals surface area contributed by atoms with Crippen molar-refractivity contribution in [3.63, 3.8) is 0 Å². The summed E-state index contributed by atoms with van der Waals surface area (Å²) in [7, 11) is 1.94. The molecule has 0 aliphatic carbocycles. The Bertz CT molecular complexity index is 627. The predicted molar refractivity (Wildman–Crippen MR) is 70.5 cm³/mol. The lowest BCUT2D eigenvalue weighted by molar-refractivity contribution is 0.740. The monoisotopic (exact) mass is 241 g/mol. The third-order valence-corrected chi connectivity index (χ3v) is 2.98. The molecule has 18 heavy (non-hydrogen) atoms. The molecule has 3 aromatic rings. The number of pyridine rings is 1. The van der Waals surface area contributed by atoms with E-state index in [0.717, 1.165) is 22.9 Å². The standard InChI is InChI=1S/C13H15N5/c1-10-7-12(16-17(10)2)14-8-11-9-18-6-4-3-5-13(18)15-11/h3-7,9H,8H2,1-2H3,(H,14,16). The molecule has 0 radical (unpaired) electrons. The SMILES string of the molecule is Cc1cc(NCc2cn3ccccc3n2)nn1C. The Morgan fingerprint density at radius 1 is 1.33 bits per heavy atom. The van der Waals surface area contributed by atoms with Gasteiger partial charge in [-0.25, -0.2) is 4.98 Å². The lowest BCUT2D eigenvalue weighted by atomic mass is 10.4. The summed E-state index contributed by atoms with van der Waals surface area (Å²) in [5, 5.41) is 7.63. The normalized spacial score (nSPS) is 11.0. The van der Waals surface area contributed by atoms with Gasteiger partial charge in [-0.05, 0) is 19.1 Å². The van der Waals surface area contributed by atoms with Crippen molar-refractivity contribution < 1.29 is 0 Å². The van der Waals surface area contributed by atoms with E-state index < -0.39 is 0 Å². The highest BCUT2D eigenvalue weighted by atomic mass is 15.3. The fourth-order valence-electron chi connectivity index (χ4n) is 1.90. The van der Waals surface area contributed by atoms with E-state index in [1.165, 1.54) is 0 Å². The zero-order valence-electron chi connectivity index (χ0n) is 10.5. The largest absolute Gasteiger partial charge is 0.363 e. The van der Waals surface area contributed by atoms with E-state index in [4.69, 9.17) is 0 Å². The zero-order chi connectivity index (χ0) is 12.5. The third-order valence-electron chi connectivity index (χ3n) is 2.98. The molecule has 92 valence electrons. The number of nitrogens with zero attached hydrogens (tertiary/aromatic N) is 4. The van der Waals surface area contributed by atoms with Gasteiger partial charge in [0.2, 0.25) is 0 Å². The minimum Gasteiger partial charge on any atom is -0.363 e. The summed E-state index contributed by atoms with van der Waals surface area (Å²) in [4.78, 5) is 4.52. The third kappa shape index (κ3) is 1.95. The quantitative estimate of drug-likeness (QED) is 0.762. The highest BCUT2D eigenvalue weighted by molar-refractivity contribution is 5.41. The highest BCUT2D eigenvalue weighted by Gasteiger charge is 2.03. The van der Waals surface area contributed by atoms with Gasteiger partial charge in [0.05, 0.1) is 12.2 Å². The number of rotatable bonds is 3. The molecule has 0 atom stereocenters. The number of aryl methyl sites for hydroxylation is 2. The molecule has 0 unspecified atom stereocenters. The smallest absolute Gasteiger partial charge is 0.148 e. The van der Waals surface area contributed by atoms with Crippen molar-refractivity contribution in [1.82, 2.24) is 19.2 Å². The van der Waals surface area contributed by atoms with Crippen molar-refractivity contribution >= 4 is 11.5 Å². The number of nitrogens with one attached hydrogen (secondary N) is 1. The van der Waals surface area contributed by atoms with Crippen LogP contribution < -0.4 is 5.32 Å². The van der Waals surface area contributed by atoms with Crippen molar-refractivity contribution in [2.75, 3.05) is 5.32 Å². The number of fused-ring (bicyclic) bond motifs is 1.